The minimum Gasteiger partial charge on any atom is -0.316 e. The van der Waals surface area contributed by atoms with Crippen molar-refractivity contribution in [2.24, 2.45) is 5.41 Å². The molecule has 0 radical (unpaired) electrons. The number of rotatable bonds is 4. The van der Waals surface area contributed by atoms with Gasteiger partial charge in [0.2, 0.25) is 0 Å². The highest BCUT2D eigenvalue weighted by atomic mass is 32.2. The van der Waals surface area contributed by atoms with Gasteiger partial charge in [0.1, 0.15) is 0 Å². The van der Waals surface area contributed by atoms with Gasteiger partial charge >= 0.3 is 0 Å². The van der Waals surface area contributed by atoms with Gasteiger partial charge in [-0.2, -0.15) is 11.8 Å². The lowest BCUT2D eigenvalue weighted by Gasteiger charge is -2.32. The van der Waals surface area contributed by atoms with Gasteiger partial charge in [0.25, 0.3) is 0 Å². The molecule has 2 nitrogen and oxygen atoms in total. The number of hydrogen-bond acceptors (Lipinski definition) is 3. The number of nitrogens with zero attached hydrogens (tertiary/aromatic N) is 1. The molecule has 1 fully saturated rings. The Morgan fingerprint density at radius 3 is 2.50 bits per heavy atom. The Morgan fingerprint density at radius 1 is 1.28 bits per heavy atom. The molecule has 1 unspecified atom stereocenters. The van der Waals surface area contributed by atoms with E-state index in [2.05, 4.69) is 63.6 Å². The summed E-state index contributed by atoms with van der Waals surface area (Å²) in [5.41, 5.74) is 0.356. The summed E-state index contributed by atoms with van der Waals surface area (Å²) < 4.78 is 0.473. The van der Waals surface area contributed by atoms with Crippen molar-refractivity contribution >= 4 is 11.8 Å². The van der Waals surface area contributed by atoms with Crippen molar-refractivity contribution < 1.29 is 0 Å². The lowest BCUT2D eigenvalue weighted by molar-refractivity contribution is 0.214. The van der Waals surface area contributed by atoms with Crippen LogP contribution < -0.4 is 5.32 Å². The molecule has 1 N–H and O–H groups in total. The van der Waals surface area contributed by atoms with Gasteiger partial charge in [-0.3, -0.25) is 0 Å². The topological polar surface area (TPSA) is 15.3 Å². The van der Waals surface area contributed by atoms with Crippen LogP contribution in [0, 0.1) is 5.41 Å². The minimum absolute atomic E-state index is 0.356. The molecule has 0 aromatic heterocycles. The lowest BCUT2D eigenvalue weighted by Crippen LogP contribution is -2.41. The predicted octanol–water partition coefficient (Wildman–Crippen LogP) is 3.23. The monoisotopic (exact) mass is 272 g/mol. The fourth-order valence-electron chi connectivity index (χ4n) is 2.61. The van der Waals surface area contributed by atoms with Crippen LogP contribution in [0.1, 0.15) is 47.5 Å². The van der Waals surface area contributed by atoms with E-state index in [0.717, 1.165) is 0 Å². The van der Waals surface area contributed by atoms with Crippen LogP contribution in [0.5, 0.6) is 0 Å². The summed E-state index contributed by atoms with van der Waals surface area (Å²) >= 11 is 2.13. The van der Waals surface area contributed by atoms with Crippen molar-refractivity contribution in [1.29, 1.82) is 0 Å². The van der Waals surface area contributed by atoms with Crippen LogP contribution in [0.15, 0.2) is 0 Å². The molecule has 1 aliphatic heterocycles. The third kappa shape index (κ3) is 5.50. The van der Waals surface area contributed by atoms with Crippen molar-refractivity contribution in [3.63, 3.8) is 0 Å². The third-order valence-corrected chi connectivity index (χ3v) is 5.43. The molecule has 0 amide bonds. The molecular weight excluding hydrogens is 240 g/mol. The first-order chi connectivity index (χ1) is 8.24. The number of thioether (sulfide) groups is 1. The Bertz CT molecular complexity index is 245. The molecule has 1 aliphatic rings. The molecule has 1 saturated heterocycles. The molecule has 0 aromatic rings. The van der Waals surface area contributed by atoms with Gasteiger partial charge in [-0.1, -0.05) is 34.6 Å². The Labute approximate surface area is 118 Å². The minimum atomic E-state index is 0.356. The van der Waals surface area contributed by atoms with Gasteiger partial charge in [0, 0.05) is 23.1 Å². The maximum Gasteiger partial charge on any atom is 0.0125 e. The summed E-state index contributed by atoms with van der Waals surface area (Å²) in [6.07, 6.45) is 2.57. The maximum atomic E-state index is 3.48. The highest BCUT2D eigenvalue weighted by molar-refractivity contribution is 8.00. The molecule has 0 aliphatic carbocycles. The van der Waals surface area contributed by atoms with Crippen LogP contribution in [0.25, 0.3) is 0 Å². The van der Waals surface area contributed by atoms with E-state index in [1.807, 2.05) is 0 Å². The van der Waals surface area contributed by atoms with Crippen LogP contribution >= 0.6 is 11.8 Å². The Kier molecular flexibility index (Phi) is 6.01. The van der Waals surface area contributed by atoms with E-state index in [4.69, 9.17) is 0 Å². The van der Waals surface area contributed by atoms with Crippen molar-refractivity contribution in [2.45, 2.75) is 58.2 Å². The second-order valence-corrected chi connectivity index (χ2v) is 9.00. The number of hydrogen-bond donors (Lipinski definition) is 1. The van der Waals surface area contributed by atoms with Gasteiger partial charge in [-0.05, 0) is 38.4 Å². The molecule has 3 heteroatoms. The zero-order valence-electron chi connectivity index (χ0n) is 13.2. The fourth-order valence-corrected chi connectivity index (χ4v) is 3.75. The SMILES string of the molecule is CNC(CCN1CCSC(C)(C)CC1)C(C)(C)C. The summed E-state index contributed by atoms with van der Waals surface area (Å²) in [5.74, 6) is 1.28. The normalized spacial score (nSPS) is 23.7. The fraction of sp³-hybridized carbons (Fsp3) is 1.00. The second-order valence-electron chi connectivity index (χ2n) is 7.20. The first-order valence-corrected chi connectivity index (χ1v) is 8.27. The predicted molar refractivity (Wildman–Crippen MR) is 84.5 cm³/mol. The van der Waals surface area contributed by atoms with E-state index in [1.54, 1.807) is 0 Å². The number of nitrogens with one attached hydrogen (secondary N) is 1. The first-order valence-electron chi connectivity index (χ1n) is 7.28. The summed E-state index contributed by atoms with van der Waals surface area (Å²) in [7, 11) is 2.09. The van der Waals surface area contributed by atoms with E-state index in [9.17, 15) is 0 Å². The summed E-state index contributed by atoms with van der Waals surface area (Å²) in [6, 6.07) is 0.612. The van der Waals surface area contributed by atoms with E-state index in [-0.39, 0.29) is 0 Å². The van der Waals surface area contributed by atoms with Crippen LogP contribution in [-0.2, 0) is 0 Å². The first kappa shape index (κ1) is 16.3. The molecule has 0 saturated carbocycles. The standard InChI is InChI=1S/C15H32N2S/c1-14(2,3)13(16-6)7-9-17-10-8-15(4,5)18-12-11-17/h13,16H,7-12H2,1-6H3. The smallest absolute Gasteiger partial charge is 0.0125 e. The van der Waals surface area contributed by atoms with Crippen molar-refractivity contribution in [3.8, 4) is 0 Å². The molecule has 108 valence electrons. The van der Waals surface area contributed by atoms with Crippen LogP contribution in [0.3, 0.4) is 0 Å². The largest absolute Gasteiger partial charge is 0.316 e. The molecule has 18 heavy (non-hydrogen) atoms. The van der Waals surface area contributed by atoms with Gasteiger partial charge in [-0.25, -0.2) is 0 Å². The van der Waals surface area contributed by atoms with Gasteiger partial charge in [-0.15, -0.1) is 0 Å². The van der Waals surface area contributed by atoms with E-state index in [1.165, 1.54) is 38.2 Å². The molecule has 1 atom stereocenters. The quantitative estimate of drug-likeness (QED) is 0.846. The lowest BCUT2D eigenvalue weighted by atomic mass is 9.85. The zero-order chi connectivity index (χ0) is 13.8. The summed E-state index contributed by atoms with van der Waals surface area (Å²) in [6.45, 7) is 15.5. The zero-order valence-corrected chi connectivity index (χ0v) is 14.0. The average Bonchev–Trinajstić information content (AvgIpc) is 2.39. The van der Waals surface area contributed by atoms with Crippen molar-refractivity contribution in [2.75, 3.05) is 32.4 Å². The Balaban J connectivity index is 2.39. The van der Waals surface area contributed by atoms with Crippen molar-refractivity contribution in [3.05, 3.63) is 0 Å². The van der Waals surface area contributed by atoms with Crippen LogP contribution in [0.4, 0.5) is 0 Å². The molecule has 0 aromatic carbocycles. The van der Waals surface area contributed by atoms with E-state index < -0.39 is 0 Å². The Morgan fingerprint density at radius 2 is 1.94 bits per heavy atom. The Hall–Kier alpha value is 0.270. The molecule has 1 rings (SSSR count). The van der Waals surface area contributed by atoms with Gasteiger partial charge in [0.15, 0.2) is 0 Å². The third-order valence-electron chi connectivity index (χ3n) is 4.06. The summed E-state index contributed by atoms with van der Waals surface area (Å²) in [5, 5.41) is 3.48. The second kappa shape index (κ2) is 6.62. The maximum absolute atomic E-state index is 3.48. The van der Waals surface area contributed by atoms with E-state index >= 15 is 0 Å². The highest BCUT2D eigenvalue weighted by Gasteiger charge is 2.26. The van der Waals surface area contributed by atoms with Crippen LogP contribution in [0.2, 0.25) is 0 Å². The highest BCUT2D eigenvalue weighted by Crippen LogP contribution is 2.31. The van der Waals surface area contributed by atoms with Crippen molar-refractivity contribution in [1.82, 2.24) is 10.2 Å². The molecular formula is C15H32N2S. The van der Waals surface area contributed by atoms with Gasteiger partial charge in [0.05, 0.1) is 0 Å². The molecule has 1 heterocycles. The van der Waals surface area contributed by atoms with Gasteiger partial charge < -0.3 is 10.2 Å². The molecule has 0 spiro atoms. The summed E-state index contributed by atoms with van der Waals surface area (Å²) in [4.78, 5) is 2.65. The molecule has 0 bridgehead atoms. The van der Waals surface area contributed by atoms with Crippen LogP contribution in [-0.4, -0.2) is 48.1 Å². The average molecular weight is 273 g/mol. The van der Waals surface area contributed by atoms with E-state index in [0.29, 0.717) is 16.2 Å².